The molecule has 0 N–H and O–H groups in total. The summed E-state index contributed by atoms with van der Waals surface area (Å²) in [5.74, 6) is 1.53. The number of carbonyl (C=O) groups is 1. The van der Waals surface area contributed by atoms with Crippen molar-refractivity contribution in [2.24, 2.45) is 11.3 Å². The highest BCUT2D eigenvalue weighted by atomic mass is 16.5. The molecule has 29 heavy (non-hydrogen) atoms. The predicted octanol–water partition coefficient (Wildman–Crippen LogP) is 4.65. The first-order valence-electron chi connectivity index (χ1n) is 11.2. The van der Waals surface area contributed by atoms with E-state index in [1.54, 1.807) is 14.2 Å². The molecule has 2 aliphatic carbocycles. The van der Waals surface area contributed by atoms with Gasteiger partial charge in [0.1, 0.15) is 5.75 Å². The largest absolute Gasteiger partial charge is 0.496 e. The highest BCUT2D eigenvalue weighted by molar-refractivity contribution is 5.80. The van der Waals surface area contributed by atoms with Gasteiger partial charge in [0.05, 0.1) is 13.2 Å². The number of likely N-dealkylation sites (tertiary alicyclic amines) is 1. The SMILES string of the molecule is COc1cc2c(cc1C)C[C@@H]1N(C(=O)C3CCC(OC)CC3)CC[C@@]2(C)C1(C)C. The Balaban J connectivity index is 1.65. The molecule has 1 aromatic rings. The van der Waals surface area contributed by atoms with Gasteiger partial charge >= 0.3 is 0 Å². The molecule has 4 rings (SSSR count). The number of methoxy groups -OCH3 is 2. The summed E-state index contributed by atoms with van der Waals surface area (Å²) < 4.78 is 11.2. The minimum absolute atomic E-state index is 0.0257. The van der Waals surface area contributed by atoms with Gasteiger partial charge in [-0.15, -0.1) is 0 Å². The number of benzene rings is 1. The van der Waals surface area contributed by atoms with Gasteiger partial charge in [0.25, 0.3) is 0 Å². The Kier molecular flexibility index (Phi) is 5.21. The van der Waals surface area contributed by atoms with E-state index in [0.29, 0.717) is 12.0 Å². The molecule has 160 valence electrons. The fraction of sp³-hybridized carbons (Fsp3) is 0.720. The van der Waals surface area contributed by atoms with E-state index in [-0.39, 0.29) is 22.8 Å². The Hall–Kier alpha value is -1.55. The van der Waals surface area contributed by atoms with Gasteiger partial charge in [-0.2, -0.15) is 0 Å². The summed E-state index contributed by atoms with van der Waals surface area (Å²) in [4.78, 5) is 15.8. The molecule has 1 aromatic carbocycles. The van der Waals surface area contributed by atoms with Gasteiger partial charge in [-0.3, -0.25) is 4.79 Å². The van der Waals surface area contributed by atoms with Crippen LogP contribution in [0.1, 0.15) is 69.6 Å². The predicted molar refractivity (Wildman–Crippen MR) is 115 cm³/mol. The number of nitrogens with zero attached hydrogens (tertiary/aromatic N) is 1. The maximum absolute atomic E-state index is 13.6. The van der Waals surface area contributed by atoms with Crippen LogP contribution in [-0.4, -0.2) is 43.7 Å². The number of hydrogen-bond acceptors (Lipinski definition) is 3. The van der Waals surface area contributed by atoms with Gasteiger partial charge < -0.3 is 14.4 Å². The lowest BCUT2D eigenvalue weighted by Crippen LogP contribution is -2.65. The summed E-state index contributed by atoms with van der Waals surface area (Å²) in [6.07, 6.45) is 6.23. The van der Waals surface area contributed by atoms with Crippen LogP contribution in [0.2, 0.25) is 0 Å². The number of carbonyl (C=O) groups excluding carboxylic acids is 1. The quantitative estimate of drug-likeness (QED) is 0.743. The Labute approximate surface area is 175 Å². The lowest BCUT2D eigenvalue weighted by atomic mass is 9.50. The zero-order valence-electron chi connectivity index (χ0n) is 19.0. The van der Waals surface area contributed by atoms with Gasteiger partial charge in [-0.1, -0.05) is 26.8 Å². The molecule has 3 aliphatic rings. The maximum atomic E-state index is 13.6. The van der Waals surface area contributed by atoms with Crippen molar-refractivity contribution < 1.29 is 14.3 Å². The first kappa shape index (κ1) is 20.7. The Morgan fingerprint density at radius 1 is 1.10 bits per heavy atom. The molecule has 0 spiro atoms. The average molecular weight is 400 g/mol. The van der Waals surface area contributed by atoms with Crippen LogP contribution in [0.15, 0.2) is 12.1 Å². The molecule has 1 aliphatic heterocycles. The third kappa shape index (κ3) is 3.10. The second-order valence-corrected chi connectivity index (χ2v) is 10.2. The number of rotatable bonds is 3. The molecule has 1 heterocycles. The van der Waals surface area contributed by atoms with E-state index in [1.165, 1.54) is 16.7 Å². The molecule has 2 bridgehead atoms. The molecular weight excluding hydrogens is 362 g/mol. The first-order chi connectivity index (χ1) is 13.7. The van der Waals surface area contributed by atoms with Crippen molar-refractivity contribution >= 4 is 5.91 Å². The number of aryl methyl sites for hydroxylation is 1. The van der Waals surface area contributed by atoms with E-state index in [2.05, 4.69) is 44.7 Å². The maximum Gasteiger partial charge on any atom is 0.225 e. The minimum atomic E-state index is 0.0257. The molecule has 1 saturated carbocycles. The summed E-state index contributed by atoms with van der Waals surface area (Å²) in [5, 5.41) is 0. The Morgan fingerprint density at radius 3 is 2.41 bits per heavy atom. The van der Waals surface area contributed by atoms with Crippen LogP contribution < -0.4 is 4.74 Å². The van der Waals surface area contributed by atoms with Crippen LogP contribution in [0.4, 0.5) is 0 Å². The number of hydrogen-bond donors (Lipinski definition) is 0. The van der Waals surface area contributed by atoms with Crippen molar-refractivity contribution in [3.8, 4) is 5.75 Å². The third-order valence-corrected chi connectivity index (χ3v) is 8.75. The summed E-state index contributed by atoms with van der Waals surface area (Å²) in [5.41, 5.74) is 4.09. The van der Waals surface area contributed by atoms with Crippen LogP contribution in [-0.2, 0) is 21.4 Å². The summed E-state index contributed by atoms with van der Waals surface area (Å²) in [7, 11) is 3.55. The van der Waals surface area contributed by atoms with E-state index in [0.717, 1.165) is 50.8 Å². The lowest BCUT2D eigenvalue weighted by Gasteiger charge is -2.61. The van der Waals surface area contributed by atoms with Crippen molar-refractivity contribution in [3.05, 3.63) is 28.8 Å². The first-order valence-corrected chi connectivity index (χ1v) is 11.2. The van der Waals surface area contributed by atoms with Crippen molar-refractivity contribution in [1.82, 2.24) is 4.90 Å². The van der Waals surface area contributed by atoms with E-state index in [9.17, 15) is 4.79 Å². The summed E-state index contributed by atoms with van der Waals surface area (Å²) in [6, 6.07) is 4.83. The number of fused-ring (bicyclic) bond motifs is 4. The molecule has 1 amide bonds. The van der Waals surface area contributed by atoms with Crippen molar-refractivity contribution in [2.45, 2.75) is 83.8 Å². The van der Waals surface area contributed by atoms with E-state index in [1.807, 2.05) is 0 Å². The van der Waals surface area contributed by atoms with Gasteiger partial charge in [0.2, 0.25) is 5.91 Å². The van der Waals surface area contributed by atoms with Crippen LogP contribution in [0.5, 0.6) is 5.75 Å². The van der Waals surface area contributed by atoms with Crippen LogP contribution in [0, 0.1) is 18.3 Å². The molecular formula is C25H37NO3. The molecule has 0 radical (unpaired) electrons. The average Bonchev–Trinajstić information content (AvgIpc) is 2.70. The second kappa shape index (κ2) is 7.30. The fourth-order valence-corrected chi connectivity index (χ4v) is 6.33. The monoisotopic (exact) mass is 399 g/mol. The minimum Gasteiger partial charge on any atom is -0.496 e. The molecule has 1 saturated heterocycles. The lowest BCUT2D eigenvalue weighted by molar-refractivity contribution is -0.150. The van der Waals surface area contributed by atoms with E-state index < -0.39 is 0 Å². The number of ether oxygens (including phenoxy) is 2. The second-order valence-electron chi connectivity index (χ2n) is 10.2. The summed E-state index contributed by atoms with van der Waals surface area (Å²) >= 11 is 0. The van der Waals surface area contributed by atoms with Crippen molar-refractivity contribution in [2.75, 3.05) is 20.8 Å². The topological polar surface area (TPSA) is 38.8 Å². The number of amides is 1. The molecule has 2 atom stereocenters. The van der Waals surface area contributed by atoms with Gasteiger partial charge in [0, 0.05) is 31.0 Å². The van der Waals surface area contributed by atoms with E-state index in [4.69, 9.17) is 9.47 Å². The fourth-order valence-electron chi connectivity index (χ4n) is 6.33. The normalized spacial score (nSPS) is 33.2. The Bertz CT molecular complexity index is 794. The summed E-state index contributed by atoms with van der Waals surface area (Å²) in [6.45, 7) is 10.1. The molecule has 4 nitrogen and oxygen atoms in total. The molecule has 0 aromatic heterocycles. The Morgan fingerprint density at radius 2 is 1.79 bits per heavy atom. The van der Waals surface area contributed by atoms with E-state index >= 15 is 0 Å². The molecule has 0 unspecified atom stereocenters. The molecule has 4 heteroatoms. The van der Waals surface area contributed by atoms with Crippen LogP contribution in [0.3, 0.4) is 0 Å². The van der Waals surface area contributed by atoms with Gasteiger partial charge in [-0.25, -0.2) is 0 Å². The van der Waals surface area contributed by atoms with Crippen LogP contribution >= 0.6 is 0 Å². The van der Waals surface area contributed by atoms with Gasteiger partial charge in [-0.05, 0) is 73.6 Å². The highest BCUT2D eigenvalue weighted by Crippen LogP contribution is 2.57. The molecule has 2 fully saturated rings. The number of piperidine rings is 1. The van der Waals surface area contributed by atoms with Gasteiger partial charge in [0.15, 0.2) is 0 Å². The third-order valence-electron chi connectivity index (χ3n) is 8.75. The van der Waals surface area contributed by atoms with Crippen molar-refractivity contribution in [1.29, 1.82) is 0 Å². The standard InChI is InChI=1S/C25H37NO3/c1-16-13-18-14-22-24(2,3)25(4,20(18)15-21(16)29-6)11-12-26(22)23(27)17-7-9-19(28-5)10-8-17/h13,15,17,19,22H,7-12,14H2,1-6H3/t17?,19?,22-,25+/m0/s1. The van der Waals surface area contributed by atoms with Crippen LogP contribution in [0.25, 0.3) is 0 Å². The highest BCUT2D eigenvalue weighted by Gasteiger charge is 2.57. The zero-order valence-corrected chi connectivity index (χ0v) is 19.0. The smallest absolute Gasteiger partial charge is 0.225 e. The zero-order chi connectivity index (χ0) is 21.0. The van der Waals surface area contributed by atoms with Crippen molar-refractivity contribution in [3.63, 3.8) is 0 Å².